The number of fused-ring (bicyclic) bond motifs is 1. The van der Waals surface area contributed by atoms with Gasteiger partial charge < -0.3 is 19.0 Å². The number of hydrogen-bond acceptors (Lipinski definition) is 5. The van der Waals surface area contributed by atoms with E-state index in [0.29, 0.717) is 12.4 Å². The number of methoxy groups -OCH3 is 1. The van der Waals surface area contributed by atoms with Crippen molar-refractivity contribution in [3.05, 3.63) is 65.4 Å². The van der Waals surface area contributed by atoms with Gasteiger partial charge in [0.15, 0.2) is 5.78 Å². The maximum Gasteiger partial charge on any atom is 0.189 e. The number of allylic oxidation sites excluding steroid dienone is 1. The summed E-state index contributed by atoms with van der Waals surface area (Å²) in [5.74, 6) is 0.163. The maximum atomic E-state index is 12.7. The molecule has 0 aliphatic carbocycles. The summed E-state index contributed by atoms with van der Waals surface area (Å²) in [6.45, 7) is 0.689. The highest BCUT2D eigenvalue weighted by molar-refractivity contribution is 6.09. The first-order valence-corrected chi connectivity index (χ1v) is 9.38. The minimum Gasteiger partial charge on any atom is -0.507 e. The molecule has 5 nitrogen and oxygen atoms in total. The van der Waals surface area contributed by atoms with Crippen molar-refractivity contribution >= 4 is 22.8 Å². The molecule has 3 aromatic rings. The topological polar surface area (TPSA) is 68.9 Å². The second-order valence-corrected chi connectivity index (χ2v) is 6.88. The normalized spacial score (nSPS) is 17.2. The molecular formula is C23H22O5. The van der Waals surface area contributed by atoms with Crippen molar-refractivity contribution in [1.82, 2.24) is 0 Å². The van der Waals surface area contributed by atoms with Gasteiger partial charge in [-0.15, -0.1) is 0 Å². The van der Waals surface area contributed by atoms with E-state index >= 15 is 0 Å². The van der Waals surface area contributed by atoms with E-state index in [1.165, 1.54) is 12.1 Å². The van der Waals surface area contributed by atoms with Crippen LogP contribution in [0, 0.1) is 0 Å². The number of benzene rings is 2. The number of rotatable bonds is 5. The number of carbonyl (C=O) groups is 1. The van der Waals surface area contributed by atoms with E-state index in [-0.39, 0.29) is 23.2 Å². The molecule has 0 bridgehead atoms. The van der Waals surface area contributed by atoms with Crippen LogP contribution in [0.2, 0.25) is 0 Å². The second-order valence-electron chi connectivity index (χ2n) is 6.88. The number of ketones is 1. The van der Waals surface area contributed by atoms with E-state index in [0.717, 1.165) is 41.4 Å². The van der Waals surface area contributed by atoms with Crippen molar-refractivity contribution < 1.29 is 23.8 Å². The minimum absolute atomic E-state index is 0.101. The standard InChI is InChI=1S/C23H22O5/c1-26-23-14-20(25)17(13-18(23)22-4-2-3-10-27-22)19(24)7-5-15-6-8-21-16(12-15)9-11-28-21/h5-9,11-14,22,25H,2-4,10H2,1H3. The molecule has 0 amide bonds. The summed E-state index contributed by atoms with van der Waals surface area (Å²) in [6.07, 6.45) is 7.68. The van der Waals surface area contributed by atoms with Gasteiger partial charge in [0.1, 0.15) is 17.1 Å². The van der Waals surface area contributed by atoms with Crippen molar-refractivity contribution in [2.24, 2.45) is 0 Å². The molecule has 1 atom stereocenters. The van der Waals surface area contributed by atoms with Gasteiger partial charge in [-0.25, -0.2) is 0 Å². The Hall–Kier alpha value is -3.05. The highest BCUT2D eigenvalue weighted by atomic mass is 16.5. The zero-order valence-electron chi connectivity index (χ0n) is 15.7. The van der Waals surface area contributed by atoms with Crippen molar-refractivity contribution in [1.29, 1.82) is 0 Å². The second kappa shape index (κ2) is 7.90. The van der Waals surface area contributed by atoms with Gasteiger partial charge in [0.05, 0.1) is 25.0 Å². The first-order chi connectivity index (χ1) is 13.7. The fourth-order valence-corrected chi connectivity index (χ4v) is 3.55. The van der Waals surface area contributed by atoms with Gasteiger partial charge in [0, 0.05) is 23.6 Å². The van der Waals surface area contributed by atoms with Crippen LogP contribution in [-0.4, -0.2) is 24.6 Å². The first kappa shape index (κ1) is 18.3. The maximum absolute atomic E-state index is 12.7. The monoisotopic (exact) mass is 378 g/mol. The molecule has 1 saturated heterocycles. The Morgan fingerprint density at radius 1 is 1.21 bits per heavy atom. The molecule has 0 saturated carbocycles. The predicted molar refractivity (Wildman–Crippen MR) is 107 cm³/mol. The van der Waals surface area contributed by atoms with Crippen molar-refractivity contribution in [2.75, 3.05) is 13.7 Å². The zero-order chi connectivity index (χ0) is 19.5. The lowest BCUT2D eigenvalue weighted by molar-refractivity contribution is 0.0135. The van der Waals surface area contributed by atoms with Crippen LogP contribution in [0.25, 0.3) is 17.0 Å². The summed E-state index contributed by atoms with van der Waals surface area (Å²) in [5, 5.41) is 11.3. The molecule has 0 radical (unpaired) electrons. The van der Waals surface area contributed by atoms with Crippen LogP contribution >= 0.6 is 0 Å². The highest BCUT2D eigenvalue weighted by Crippen LogP contribution is 2.38. The number of aromatic hydroxyl groups is 1. The van der Waals surface area contributed by atoms with Crippen LogP contribution in [0.3, 0.4) is 0 Å². The Kier molecular flexibility index (Phi) is 5.17. The lowest BCUT2D eigenvalue weighted by Crippen LogP contribution is -2.13. The van der Waals surface area contributed by atoms with Gasteiger partial charge in [-0.2, -0.15) is 0 Å². The van der Waals surface area contributed by atoms with E-state index < -0.39 is 0 Å². The zero-order valence-corrected chi connectivity index (χ0v) is 15.7. The molecule has 0 spiro atoms. The summed E-state index contributed by atoms with van der Waals surface area (Å²) >= 11 is 0. The van der Waals surface area contributed by atoms with Crippen LogP contribution in [-0.2, 0) is 4.74 Å². The summed E-state index contributed by atoms with van der Waals surface area (Å²) in [5.41, 5.74) is 2.72. The number of phenolic OH excluding ortho intramolecular Hbond substituents is 1. The number of hydrogen-bond donors (Lipinski definition) is 1. The molecule has 144 valence electrons. The van der Waals surface area contributed by atoms with Gasteiger partial charge in [-0.1, -0.05) is 12.1 Å². The molecular weight excluding hydrogens is 356 g/mol. The van der Waals surface area contributed by atoms with E-state index in [2.05, 4.69) is 0 Å². The molecule has 2 aromatic carbocycles. The molecule has 1 unspecified atom stereocenters. The largest absolute Gasteiger partial charge is 0.507 e. The Labute approximate surface area is 163 Å². The number of ether oxygens (including phenoxy) is 2. The molecule has 1 aliphatic rings. The van der Waals surface area contributed by atoms with Gasteiger partial charge in [0.2, 0.25) is 0 Å². The summed E-state index contributed by atoms with van der Waals surface area (Å²) in [7, 11) is 1.55. The predicted octanol–water partition coefficient (Wildman–Crippen LogP) is 5.28. The van der Waals surface area contributed by atoms with Crippen LogP contribution < -0.4 is 4.74 Å². The molecule has 2 heterocycles. The molecule has 1 aromatic heterocycles. The Morgan fingerprint density at radius 2 is 2.11 bits per heavy atom. The fourth-order valence-electron chi connectivity index (χ4n) is 3.55. The summed E-state index contributed by atoms with van der Waals surface area (Å²) in [6, 6.07) is 10.7. The quantitative estimate of drug-likeness (QED) is 0.483. The molecule has 1 N–H and O–H groups in total. The Morgan fingerprint density at radius 3 is 2.89 bits per heavy atom. The lowest BCUT2D eigenvalue weighted by atomic mass is 9.96. The molecule has 5 heteroatoms. The van der Waals surface area contributed by atoms with Crippen LogP contribution in [0.4, 0.5) is 0 Å². The van der Waals surface area contributed by atoms with Gasteiger partial charge in [-0.3, -0.25) is 4.79 Å². The first-order valence-electron chi connectivity index (χ1n) is 9.38. The Bertz CT molecular complexity index is 1020. The number of carbonyl (C=O) groups excluding carboxylic acids is 1. The van der Waals surface area contributed by atoms with Crippen LogP contribution in [0.5, 0.6) is 11.5 Å². The number of furan rings is 1. The van der Waals surface area contributed by atoms with Crippen molar-refractivity contribution in [2.45, 2.75) is 25.4 Å². The fraction of sp³-hybridized carbons (Fsp3) is 0.261. The number of phenols is 1. The van der Waals surface area contributed by atoms with E-state index in [1.807, 2.05) is 24.3 Å². The van der Waals surface area contributed by atoms with Crippen molar-refractivity contribution in [3.8, 4) is 11.5 Å². The average molecular weight is 378 g/mol. The summed E-state index contributed by atoms with van der Waals surface area (Å²) < 4.78 is 16.6. The van der Waals surface area contributed by atoms with Gasteiger partial charge >= 0.3 is 0 Å². The SMILES string of the molecule is COc1cc(O)c(C(=O)C=Cc2ccc3occc3c2)cc1C1CCCCO1. The van der Waals surface area contributed by atoms with E-state index in [9.17, 15) is 9.90 Å². The van der Waals surface area contributed by atoms with Crippen molar-refractivity contribution in [3.63, 3.8) is 0 Å². The highest BCUT2D eigenvalue weighted by Gasteiger charge is 2.23. The molecule has 1 fully saturated rings. The summed E-state index contributed by atoms with van der Waals surface area (Å²) in [4.78, 5) is 12.7. The lowest BCUT2D eigenvalue weighted by Gasteiger charge is -2.25. The average Bonchev–Trinajstić information content (AvgIpc) is 3.20. The third-order valence-corrected chi connectivity index (χ3v) is 5.04. The van der Waals surface area contributed by atoms with E-state index in [4.69, 9.17) is 13.9 Å². The van der Waals surface area contributed by atoms with E-state index in [1.54, 1.807) is 25.5 Å². The molecule has 4 rings (SSSR count). The third-order valence-electron chi connectivity index (χ3n) is 5.04. The molecule has 28 heavy (non-hydrogen) atoms. The smallest absolute Gasteiger partial charge is 0.189 e. The minimum atomic E-state index is -0.274. The Balaban J connectivity index is 1.62. The molecule has 1 aliphatic heterocycles. The van der Waals surface area contributed by atoms with Crippen LogP contribution in [0.1, 0.15) is 46.9 Å². The van der Waals surface area contributed by atoms with Crippen LogP contribution in [0.15, 0.2) is 53.2 Å². The van der Waals surface area contributed by atoms with Gasteiger partial charge in [0.25, 0.3) is 0 Å². The van der Waals surface area contributed by atoms with Gasteiger partial charge in [-0.05, 0) is 55.2 Å². The third kappa shape index (κ3) is 3.66.